The Morgan fingerprint density at radius 3 is 2.75 bits per heavy atom. The van der Waals surface area contributed by atoms with E-state index in [-0.39, 0.29) is 0 Å². The van der Waals surface area contributed by atoms with E-state index in [2.05, 4.69) is 17.1 Å². The second kappa shape index (κ2) is 6.61. The molecule has 16 heavy (non-hydrogen) atoms. The Labute approximate surface area is 101 Å². The van der Waals surface area contributed by atoms with Gasteiger partial charge in [-0.1, -0.05) is 19.8 Å². The summed E-state index contributed by atoms with van der Waals surface area (Å²) in [6.45, 7) is 6.28. The first-order valence-electron chi connectivity index (χ1n) is 7.37. The van der Waals surface area contributed by atoms with Gasteiger partial charge in [-0.15, -0.1) is 0 Å². The van der Waals surface area contributed by atoms with Crippen LogP contribution >= 0.6 is 0 Å². The average Bonchev–Trinajstić information content (AvgIpc) is 2.38. The quantitative estimate of drug-likeness (QED) is 0.790. The molecule has 2 saturated heterocycles. The lowest BCUT2D eigenvalue weighted by Gasteiger charge is -2.36. The number of hydrogen-bond acceptors (Lipinski definition) is 2. The van der Waals surface area contributed by atoms with Gasteiger partial charge in [-0.05, 0) is 58.2 Å². The monoisotopic (exact) mass is 224 g/mol. The Kier molecular flexibility index (Phi) is 5.11. The highest BCUT2D eigenvalue weighted by Crippen LogP contribution is 2.20. The van der Waals surface area contributed by atoms with Gasteiger partial charge in [-0.2, -0.15) is 0 Å². The van der Waals surface area contributed by atoms with Crippen molar-refractivity contribution in [3.05, 3.63) is 0 Å². The highest BCUT2D eigenvalue weighted by atomic mass is 15.2. The fourth-order valence-corrected chi connectivity index (χ4v) is 3.31. The van der Waals surface area contributed by atoms with Gasteiger partial charge in [0.25, 0.3) is 0 Å². The second-order valence-electron chi connectivity index (χ2n) is 5.53. The van der Waals surface area contributed by atoms with Gasteiger partial charge in [-0.25, -0.2) is 0 Å². The molecular weight excluding hydrogens is 196 g/mol. The zero-order valence-electron chi connectivity index (χ0n) is 10.9. The molecule has 2 aliphatic rings. The van der Waals surface area contributed by atoms with Gasteiger partial charge in [0.05, 0.1) is 0 Å². The first-order chi connectivity index (χ1) is 7.90. The minimum absolute atomic E-state index is 0.813. The van der Waals surface area contributed by atoms with Crippen LogP contribution in [0.3, 0.4) is 0 Å². The third kappa shape index (κ3) is 3.46. The molecule has 2 rings (SSSR count). The molecule has 0 aromatic carbocycles. The summed E-state index contributed by atoms with van der Waals surface area (Å²) in [7, 11) is 0. The maximum Gasteiger partial charge on any atom is 0.00926 e. The average molecular weight is 224 g/mol. The molecule has 0 spiro atoms. The molecule has 94 valence electrons. The minimum Gasteiger partial charge on any atom is -0.314 e. The van der Waals surface area contributed by atoms with Crippen LogP contribution in [0.4, 0.5) is 0 Å². The molecule has 0 amide bonds. The first-order valence-corrected chi connectivity index (χ1v) is 7.37. The predicted molar refractivity (Wildman–Crippen MR) is 69.8 cm³/mol. The third-order valence-electron chi connectivity index (χ3n) is 4.40. The van der Waals surface area contributed by atoms with E-state index >= 15 is 0 Å². The lowest BCUT2D eigenvalue weighted by atomic mass is 9.97. The van der Waals surface area contributed by atoms with Gasteiger partial charge >= 0.3 is 0 Å². The Morgan fingerprint density at radius 2 is 2.00 bits per heavy atom. The van der Waals surface area contributed by atoms with Crippen molar-refractivity contribution in [1.82, 2.24) is 10.2 Å². The summed E-state index contributed by atoms with van der Waals surface area (Å²) in [6, 6.07) is 1.70. The van der Waals surface area contributed by atoms with Crippen LogP contribution in [0.15, 0.2) is 0 Å². The summed E-state index contributed by atoms with van der Waals surface area (Å²) in [4.78, 5) is 2.75. The normalized spacial score (nSPS) is 32.8. The maximum atomic E-state index is 3.66. The molecule has 0 radical (unpaired) electrons. The standard InChI is InChI=1S/C14H28N2/c1-2-14-8-4-6-11-16(14)12-9-13-7-3-5-10-15-13/h13-15H,2-12H2,1H3. The van der Waals surface area contributed by atoms with E-state index in [4.69, 9.17) is 0 Å². The van der Waals surface area contributed by atoms with Crippen LogP contribution in [0.2, 0.25) is 0 Å². The van der Waals surface area contributed by atoms with Crippen LogP contribution in [0, 0.1) is 0 Å². The number of piperidine rings is 2. The number of likely N-dealkylation sites (tertiary alicyclic amines) is 1. The molecule has 0 saturated carbocycles. The minimum atomic E-state index is 0.813. The molecule has 2 fully saturated rings. The van der Waals surface area contributed by atoms with E-state index in [0.29, 0.717) is 0 Å². The Morgan fingerprint density at radius 1 is 1.12 bits per heavy atom. The van der Waals surface area contributed by atoms with Crippen LogP contribution in [-0.4, -0.2) is 36.6 Å². The Hall–Kier alpha value is -0.0800. The van der Waals surface area contributed by atoms with E-state index in [0.717, 1.165) is 12.1 Å². The predicted octanol–water partition coefficient (Wildman–Crippen LogP) is 2.78. The summed E-state index contributed by atoms with van der Waals surface area (Å²) in [6.07, 6.45) is 11.3. The van der Waals surface area contributed by atoms with Crippen LogP contribution < -0.4 is 5.32 Å². The zero-order valence-corrected chi connectivity index (χ0v) is 10.9. The van der Waals surface area contributed by atoms with Crippen molar-refractivity contribution in [2.24, 2.45) is 0 Å². The smallest absolute Gasteiger partial charge is 0.00926 e. The largest absolute Gasteiger partial charge is 0.314 e. The van der Waals surface area contributed by atoms with Gasteiger partial charge in [0.2, 0.25) is 0 Å². The third-order valence-corrected chi connectivity index (χ3v) is 4.40. The molecule has 0 aliphatic carbocycles. The van der Waals surface area contributed by atoms with Gasteiger partial charge in [-0.3, -0.25) is 0 Å². The Balaban J connectivity index is 1.70. The Bertz CT molecular complexity index is 187. The number of hydrogen-bond donors (Lipinski definition) is 1. The summed E-state index contributed by atoms with van der Waals surface area (Å²) < 4.78 is 0. The molecule has 0 bridgehead atoms. The summed E-state index contributed by atoms with van der Waals surface area (Å²) in [5, 5.41) is 3.66. The summed E-state index contributed by atoms with van der Waals surface area (Å²) >= 11 is 0. The van der Waals surface area contributed by atoms with E-state index in [1.165, 1.54) is 71.0 Å². The van der Waals surface area contributed by atoms with Crippen molar-refractivity contribution in [2.75, 3.05) is 19.6 Å². The maximum absolute atomic E-state index is 3.66. The fourth-order valence-electron chi connectivity index (χ4n) is 3.31. The topological polar surface area (TPSA) is 15.3 Å². The molecular formula is C14H28N2. The van der Waals surface area contributed by atoms with Crippen molar-refractivity contribution in [1.29, 1.82) is 0 Å². The van der Waals surface area contributed by atoms with Gasteiger partial charge in [0.15, 0.2) is 0 Å². The van der Waals surface area contributed by atoms with Crippen molar-refractivity contribution in [3.8, 4) is 0 Å². The molecule has 0 aromatic rings. The highest BCUT2D eigenvalue weighted by molar-refractivity contribution is 4.79. The van der Waals surface area contributed by atoms with Crippen molar-refractivity contribution in [3.63, 3.8) is 0 Å². The number of nitrogens with zero attached hydrogens (tertiary/aromatic N) is 1. The van der Waals surface area contributed by atoms with E-state index < -0.39 is 0 Å². The second-order valence-corrected chi connectivity index (χ2v) is 5.53. The molecule has 0 aromatic heterocycles. The molecule has 2 heterocycles. The van der Waals surface area contributed by atoms with Gasteiger partial charge < -0.3 is 10.2 Å². The highest BCUT2D eigenvalue weighted by Gasteiger charge is 2.21. The van der Waals surface area contributed by atoms with Gasteiger partial charge in [0, 0.05) is 12.1 Å². The van der Waals surface area contributed by atoms with Crippen molar-refractivity contribution in [2.45, 2.75) is 70.4 Å². The molecule has 2 nitrogen and oxygen atoms in total. The van der Waals surface area contributed by atoms with Gasteiger partial charge in [0.1, 0.15) is 0 Å². The zero-order chi connectivity index (χ0) is 11.2. The first kappa shape index (κ1) is 12.4. The summed E-state index contributed by atoms with van der Waals surface area (Å²) in [5.74, 6) is 0. The van der Waals surface area contributed by atoms with Crippen LogP contribution in [0.1, 0.15) is 58.3 Å². The lowest BCUT2D eigenvalue weighted by Crippen LogP contribution is -2.43. The van der Waals surface area contributed by atoms with E-state index in [1.807, 2.05) is 0 Å². The van der Waals surface area contributed by atoms with Crippen LogP contribution in [0.5, 0.6) is 0 Å². The van der Waals surface area contributed by atoms with Crippen molar-refractivity contribution < 1.29 is 0 Å². The van der Waals surface area contributed by atoms with Crippen LogP contribution in [-0.2, 0) is 0 Å². The molecule has 2 atom stereocenters. The lowest BCUT2D eigenvalue weighted by molar-refractivity contribution is 0.135. The molecule has 2 unspecified atom stereocenters. The molecule has 2 heteroatoms. The van der Waals surface area contributed by atoms with Crippen molar-refractivity contribution >= 4 is 0 Å². The molecule has 1 N–H and O–H groups in total. The number of nitrogens with one attached hydrogen (secondary N) is 1. The molecule has 2 aliphatic heterocycles. The fraction of sp³-hybridized carbons (Fsp3) is 1.00. The SMILES string of the molecule is CCC1CCCCN1CCC1CCCCN1. The van der Waals surface area contributed by atoms with E-state index in [9.17, 15) is 0 Å². The summed E-state index contributed by atoms with van der Waals surface area (Å²) in [5.41, 5.74) is 0. The van der Waals surface area contributed by atoms with E-state index in [1.54, 1.807) is 0 Å². The van der Waals surface area contributed by atoms with Crippen LogP contribution in [0.25, 0.3) is 0 Å². The number of rotatable bonds is 4.